The minimum atomic E-state index is -3.89. The number of sulfone groups is 1. The molecule has 154 valence electrons. The maximum Gasteiger partial charge on any atom is 0.408 e. The fourth-order valence-corrected chi connectivity index (χ4v) is 5.84. The second-order valence-electron chi connectivity index (χ2n) is 8.34. The van der Waals surface area contributed by atoms with Gasteiger partial charge in [-0.2, -0.15) is 0 Å². The lowest BCUT2D eigenvalue weighted by Crippen LogP contribution is -2.45. The Kier molecular flexibility index (Phi) is 5.30. The summed E-state index contributed by atoms with van der Waals surface area (Å²) < 4.78 is 32.0. The summed E-state index contributed by atoms with van der Waals surface area (Å²) in [6, 6.07) is 15.3. The molecule has 3 rings (SSSR count). The van der Waals surface area contributed by atoms with Gasteiger partial charge in [-0.3, -0.25) is 0 Å². The number of aryl methyl sites for hydroxylation is 1. The van der Waals surface area contributed by atoms with E-state index in [9.17, 15) is 18.0 Å². The van der Waals surface area contributed by atoms with Crippen molar-refractivity contribution in [3.8, 4) is 0 Å². The molecule has 0 unspecified atom stereocenters. The molecule has 2 aromatic rings. The number of nitrogens with one attached hydrogen (secondary N) is 1. The largest absolute Gasteiger partial charge is 0.444 e. The lowest BCUT2D eigenvalue weighted by molar-refractivity contribution is -0.110. The Balaban J connectivity index is 2.03. The van der Waals surface area contributed by atoms with Crippen LogP contribution in [0.25, 0.3) is 0 Å². The standard InChI is InChI=1S/C22H25NO5S/c1-15-10-12-17(13-11-15)29(26,27)19-18(16-8-6-5-7-9-16)22(19,14-24)23-20(25)28-21(2,3)4/h5-14,18-19H,1-4H3,(H,23,25)/t18-,19-,22-/m1/s1. The van der Waals surface area contributed by atoms with Crippen LogP contribution in [0.2, 0.25) is 0 Å². The number of benzene rings is 2. The molecule has 6 nitrogen and oxygen atoms in total. The van der Waals surface area contributed by atoms with Gasteiger partial charge in [0.2, 0.25) is 0 Å². The zero-order chi connectivity index (χ0) is 21.4. The topological polar surface area (TPSA) is 89.5 Å². The van der Waals surface area contributed by atoms with Gasteiger partial charge in [-0.1, -0.05) is 48.0 Å². The van der Waals surface area contributed by atoms with E-state index in [1.165, 1.54) is 12.1 Å². The Morgan fingerprint density at radius 2 is 1.66 bits per heavy atom. The van der Waals surface area contributed by atoms with Crippen molar-refractivity contribution in [2.24, 2.45) is 0 Å². The van der Waals surface area contributed by atoms with E-state index in [0.717, 1.165) is 5.56 Å². The first-order valence-electron chi connectivity index (χ1n) is 9.34. The molecule has 0 aromatic heterocycles. The first-order valence-corrected chi connectivity index (χ1v) is 10.9. The molecule has 2 aromatic carbocycles. The van der Waals surface area contributed by atoms with E-state index < -0.39 is 38.2 Å². The smallest absolute Gasteiger partial charge is 0.408 e. The number of aldehydes is 1. The molecule has 7 heteroatoms. The Bertz CT molecular complexity index is 1010. The highest BCUT2D eigenvalue weighted by atomic mass is 32.2. The summed E-state index contributed by atoms with van der Waals surface area (Å²) in [5, 5.41) is 1.43. The van der Waals surface area contributed by atoms with Crippen LogP contribution in [0, 0.1) is 6.92 Å². The van der Waals surface area contributed by atoms with Gasteiger partial charge < -0.3 is 14.8 Å². The highest BCUT2D eigenvalue weighted by Gasteiger charge is 2.73. The molecule has 1 aliphatic carbocycles. The van der Waals surface area contributed by atoms with Gasteiger partial charge in [-0.15, -0.1) is 0 Å². The average Bonchev–Trinajstić information content (AvgIpc) is 3.30. The molecular weight excluding hydrogens is 390 g/mol. The second kappa shape index (κ2) is 7.30. The number of amides is 1. The predicted molar refractivity (Wildman–Crippen MR) is 110 cm³/mol. The molecule has 1 aliphatic rings. The van der Waals surface area contributed by atoms with Gasteiger partial charge in [-0.25, -0.2) is 13.2 Å². The summed E-state index contributed by atoms with van der Waals surface area (Å²) in [4.78, 5) is 24.7. The fraction of sp³-hybridized carbons (Fsp3) is 0.364. The second-order valence-corrected chi connectivity index (χ2v) is 10.4. The third kappa shape index (κ3) is 4.05. The number of carbonyl (C=O) groups excluding carboxylic acids is 2. The molecule has 0 saturated heterocycles. The summed E-state index contributed by atoms with van der Waals surface area (Å²) in [7, 11) is -3.89. The van der Waals surface area contributed by atoms with E-state index in [2.05, 4.69) is 5.32 Å². The van der Waals surface area contributed by atoms with Crippen molar-refractivity contribution in [3.63, 3.8) is 0 Å². The SMILES string of the molecule is Cc1ccc(S(=O)(=O)[C@@H]2[C@@H](c3ccccc3)[C@@]2(C=O)NC(=O)OC(C)(C)C)cc1. The first-order chi connectivity index (χ1) is 13.5. The first kappa shape index (κ1) is 21.0. The molecule has 0 radical (unpaired) electrons. The van der Waals surface area contributed by atoms with E-state index in [4.69, 9.17) is 4.74 Å². The van der Waals surface area contributed by atoms with E-state index >= 15 is 0 Å². The van der Waals surface area contributed by atoms with Gasteiger partial charge in [0.1, 0.15) is 22.7 Å². The molecule has 1 amide bonds. The maximum absolute atomic E-state index is 13.4. The van der Waals surface area contributed by atoms with Crippen molar-refractivity contribution < 1.29 is 22.7 Å². The minimum absolute atomic E-state index is 0.115. The third-order valence-electron chi connectivity index (χ3n) is 4.93. The predicted octanol–water partition coefficient (Wildman–Crippen LogP) is 3.40. The summed E-state index contributed by atoms with van der Waals surface area (Å²) in [6.07, 6.45) is -0.308. The van der Waals surface area contributed by atoms with Gasteiger partial charge >= 0.3 is 6.09 Å². The van der Waals surface area contributed by atoms with Crippen molar-refractivity contribution in [2.75, 3.05) is 0 Å². The van der Waals surface area contributed by atoms with Gasteiger partial charge in [-0.05, 0) is 45.4 Å². The number of hydrogen-bond acceptors (Lipinski definition) is 5. The normalized spacial score (nSPS) is 23.9. The zero-order valence-corrected chi connectivity index (χ0v) is 17.7. The lowest BCUT2D eigenvalue weighted by atomic mass is 10.1. The van der Waals surface area contributed by atoms with Crippen LogP contribution < -0.4 is 5.32 Å². The number of carbonyl (C=O) groups is 2. The number of ether oxygens (including phenoxy) is 1. The lowest BCUT2D eigenvalue weighted by Gasteiger charge is -2.22. The number of rotatable bonds is 5. The molecule has 1 fully saturated rings. The molecule has 3 atom stereocenters. The highest BCUT2D eigenvalue weighted by molar-refractivity contribution is 7.92. The summed E-state index contributed by atoms with van der Waals surface area (Å²) in [5.74, 6) is -0.708. The van der Waals surface area contributed by atoms with E-state index in [1.807, 2.05) is 6.92 Å². The molecule has 0 heterocycles. The monoisotopic (exact) mass is 415 g/mol. The van der Waals surface area contributed by atoms with E-state index in [1.54, 1.807) is 63.2 Å². The van der Waals surface area contributed by atoms with Gasteiger partial charge in [0.05, 0.1) is 4.90 Å². The van der Waals surface area contributed by atoms with Crippen LogP contribution in [0.1, 0.15) is 37.8 Å². The molecule has 1 saturated carbocycles. The molecule has 0 aliphatic heterocycles. The van der Waals surface area contributed by atoms with Crippen LogP contribution in [0.3, 0.4) is 0 Å². The summed E-state index contributed by atoms with van der Waals surface area (Å²) in [5.41, 5.74) is -0.784. The molecule has 1 N–H and O–H groups in total. The third-order valence-corrected chi connectivity index (χ3v) is 7.19. The van der Waals surface area contributed by atoms with Crippen molar-refractivity contribution in [2.45, 2.75) is 54.9 Å². The van der Waals surface area contributed by atoms with Crippen LogP contribution in [-0.2, 0) is 19.4 Å². The molecule has 0 bridgehead atoms. The highest BCUT2D eigenvalue weighted by Crippen LogP contribution is 2.56. The van der Waals surface area contributed by atoms with Gasteiger partial charge in [0, 0.05) is 5.92 Å². The van der Waals surface area contributed by atoms with Crippen LogP contribution in [0.4, 0.5) is 4.79 Å². The number of alkyl carbamates (subject to hydrolysis) is 1. The Morgan fingerprint density at radius 3 is 2.17 bits per heavy atom. The number of hydrogen-bond donors (Lipinski definition) is 1. The molecule has 0 spiro atoms. The van der Waals surface area contributed by atoms with Crippen molar-refractivity contribution in [3.05, 3.63) is 65.7 Å². The van der Waals surface area contributed by atoms with Gasteiger partial charge in [0.25, 0.3) is 0 Å². The Hall–Kier alpha value is -2.67. The average molecular weight is 416 g/mol. The van der Waals surface area contributed by atoms with E-state index in [0.29, 0.717) is 11.8 Å². The van der Waals surface area contributed by atoms with E-state index in [-0.39, 0.29) is 4.90 Å². The zero-order valence-electron chi connectivity index (χ0n) is 16.9. The molecule has 29 heavy (non-hydrogen) atoms. The van der Waals surface area contributed by atoms with Crippen LogP contribution in [0.5, 0.6) is 0 Å². The van der Waals surface area contributed by atoms with Crippen LogP contribution >= 0.6 is 0 Å². The quantitative estimate of drug-likeness (QED) is 0.756. The van der Waals surface area contributed by atoms with Crippen LogP contribution in [0.15, 0.2) is 59.5 Å². The summed E-state index contributed by atoms with van der Waals surface area (Å²) in [6.45, 7) is 6.95. The Labute approximate surface area is 171 Å². The fourth-order valence-electron chi connectivity index (χ4n) is 3.59. The molecular formula is C22H25NO5S. The summed E-state index contributed by atoms with van der Waals surface area (Å²) >= 11 is 0. The maximum atomic E-state index is 13.4. The van der Waals surface area contributed by atoms with Crippen LogP contribution in [-0.4, -0.2) is 37.2 Å². The minimum Gasteiger partial charge on any atom is -0.444 e. The van der Waals surface area contributed by atoms with Gasteiger partial charge in [0.15, 0.2) is 9.84 Å². The van der Waals surface area contributed by atoms with Crippen molar-refractivity contribution in [1.82, 2.24) is 5.32 Å². The van der Waals surface area contributed by atoms with Crippen molar-refractivity contribution in [1.29, 1.82) is 0 Å². The Morgan fingerprint density at radius 1 is 1.07 bits per heavy atom. The van der Waals surface area contributed by atoms with Crippen molar-refractivity contribution >= 4 is 22.2 Å².